The molecule has 0 aliphatic carbocycles. The summed E-state index contributed by atoms with van der Waals surface area (Å²) in [6, 6.07) is 14.9. The summed E-state index contributed by atoms with van der Waals surface area (Å²) >= 11 is 0. The van der Waals surface area contributed by atoms with Gasteiger partial charge in [0.1, 0.15) is 13.2 Å². The number of hydrogen-bond donors (Lipinski definition) is 1. The summed E-state index contributed by atoms with van der Waals surface area (Å²) in [4.78, 5) is 0. The number of ether oxygens (including phenoxy) is 2. The summed E-state index contributed by atoms with van der Waals surface area (Å²) in [5.41, 5.74) is 3.64. The lowest BCUT2D eigenvalue weighted by molar-refractivity contribution is 0.169. The molecule has 2 aromatic carbocycles. The van der Waals surface area contributed by atoms with Crippen LogP contribution in [0.3, 0.4) is 0 Å². The summed E-state index contributed by atoms with van der Waals surface area (Å²) in [6.45, 7) is 6.34. The van der Waals surface area contributed by atoms with Crippen LogP contribution in [0, 0.1) is 6.92 Å². The number of fused-ring (bicyclic) bond motifs is 1. The Labute approximate surface area is 125 Å². The summed E-state index contributed by atoms with van der Waals surface area (Å²) in [7, 11) is 0. The van der Waals surface area contributed by atoms with Crippen molar-refractivity contribution in [2.75, 3.05) is 19.8 Å². The van der Waals surface area contributed by atoms with Crippen molar-refractivity contribution in [1.82, 2.24) is 5.32 Å². The van der Waals surface area contributed by atoms with Gasteiger partial charge in [-0.25, -0.2) is 0 Å². The number of hydrogen-bond acceptors (Lipinski definition) is 3. The summed E-state index contributed by atoms with van der Waals surface area (Å²) in [5.74, 6) is 1.71. The fraction of sp³-hybridized carbons (Fsp3) is 0.333. The van der Waals surface area contributed by atoms with Crippen molar-refractivity contribution in [1.29, 1.82) is 0 Å². The SMILES string of the molecule is CCNC(c1ccc(C)cc1)c1cccc2c1OCCO2. The van der Waals surface area contributed by atoms with E-state index in [1.165, 1.54) is 11.1 Å². The summed E-state index contributed by atoms with van der Waals surface area (Å²) < 4.78 is 11.6. The zero-order valence-corrected chi connectivity index (χ0v) is 12.6. The molecule has 3 rings (SSSR count). The normalized spacial score (nSPS) is 14.8. The molecule has 1 aliphatic rings. The van der Waals surface area contributed by atoms with E-state index in [4.69, 9.17) is 9.47 Å². The molecule has 3 heteroatoms. The average molecular weight is 283 g/mol. The third-order valence-corrected chi connectivity index (χ3v) is 3.73. The van der Waals surface area contributed by atoms with Crippen molar-refractivity contribution in [2.24, 2.45) is 0 Å². The Balaban J connectivity index is 2.03. The smallest absolute Gasteiger partial charge is 0.166 e. The van der Waals surface area contributed by atoms with Crippen LogP contribution >= 0.6 is 0 Å². The van der Waals surface area contributed by atoms with Crippen molar-refractivity contribution in [2.45, 2.75) is 19.9 Å². The van der Waals surface area contributed by atoms with Crippen molar-refractivity contribution < 1.29 is 9.47 Å². The van der Waals surface area contributed by atoms with Crippen LogP contribution in [0.2, 0.25) is 0 Å². The average Bonchev–Trinajstić information content (AvgIpc) is 2.53. The van der Waals surface area contributed by atoms with Crippen molar-refractivity contribution >= 4 is 0 Å². The molecule has 21 heavy (non-hydrogen) atoms. The number of rotatable bonds is 4. The van der Waals surface area contributed by atoms with Gasteiger partial charge in [0.15, 0.2) is 11.5 Å². The van der Waals surface area contributed by atoms with Gasteiger partial charge in [-0.1, -0.05) is 48.9 Å². The molecule has 0 radical (unpaired) electrons. The third kappa shape index (κ3) is 2.88. The maximum Gasteiger partial charge on any atom is 0.166 e. The topological polar surface area (TPSA) is 30.5 Å². The van der Waals surface area contributed by atoms with Gasteiger partial charge >= 0.3 is 0 Å². The van der Waals surface area contributed by atoms with Gasteiger partial charge in [-0.3, -0.25) is 0 Å². The van der Waals surface area contributed by atoms with E-state index in [1.54, 1.807) is 0 Å². The highest BCUT2D eigenvalue weighted by Gasteiger charge is 2.22. The van der Waals surface area contributed by atoms with E-state index in [-0.39, 0.29) is 6.04 Å². The predicted molar refractivity (Wildman–Crippen MR) is 84.1 cm³/mol. The van der Waals surface area contributed by atoms with Crippen LogP contribution in [0.1, 0.15) is 29.7 Å². The Bertz CT molecular complexity index is 607. The first kappa shape index (κ1) is 14.0. The van der Waals surface area contributed by atoms with E-state index >= 15 is 0 Å². The number of benzene rings is 2. The van der Waals surface area contributed by atoms with Gasteiger partial charge in [-0.05, 0) is 25.1 Å². The predicted octanol–water partition coefficient (Wildman–Crippen LogP) is 3.47. The lowest BCUT2D eigenvalue weighted by Gasteiger charge is -2.26. The standard InChI is InChI=1S/C18H21NO2/c1-3-19-17(14-9-7-13(2)8-10-14)15-5-4-6-16-18(15)21-12-11-20-16/h4-10,17,19H,3,11-12H2,1-2H3. The molecule has 0 bridgehead atoms. The van der Waals surface area contributed by atoms with Gasteiger partial charge in [0, 0.05) is 5.56 Å². The fourth-order valence-electron chi connectivity index (χ4n) is 2.69. The van der Waals surface area contributed by atoms with Gasteiger partial charge in [0.2, 0.25) is 0 Å². The Morgan fingerprint density at radius 3 is 2.57 bits per heavy atom. The minimum absolute atomic E-state index is 0.118. The lowest BCUT2D eigenvalue weighted by atomic mass is 9.96. The molecule has 1 heterocycles. The van der Waals surface area contributed by atoms with Gasteiger partial charge in [-0.2, -0.15) is 0 Å². The molecular weight excluding hydrogens is 262 g/mol. The molecule has 1 N–H and O–H groups in total. The fourth-order valence-corrected chi connectivity index (χ4v) is 2.69. The zero-order chi connectivity index (χ0) is 14.7. The van der Waals surface area contributed by atoms with Crippen LogP contribution in [-0.2, 0) is 0 Å². The summed E-state index contributed by atoms with van der Waals surface area (Å²) in [6.07, 6.45) is 0. The van der Waals surface area contributed by atoms with Crippen molar-refractivity contribution in [3.8, 4) is 11.5 Å². The molecule has 1 unspecified atom stereocenters. The Hall–Kier alpha value is -2.00. The van der Waals surface area contributed by atoms with E-state index < -0.39 is 0 Å². The highest BCUT2D eigenvalue weighted by atomic mass is 16.6. The molecule has 0 spiro atoms. The first-order valence-corrected chi connectivity index (χ1v) is 7.48. The Morgan fingerprint density at radius 1 is 1.05 bits per heavy atom. The lowest BCUT2D eigenvalue weighted by Crippen LogP contribution is -2.24. The molecular formula is C18H21NO2. The second kappa shape index (κ2) is 6.19. The van der Waals surface area contributed by atoms with E-state index in [9.17, 15) is 0 Å². The van der Waals surface area contributed by atoms with Crippen LogP contribution in [0.4, 0.5) is 0 Å². The van der Waals surface area contributed by atoms with E-state index in [1.807, 2.05) is 12.1 Å². The van der Waals surface area contributed by atoms with Crippen molar-refractivity contribution in [3.05, 3.63) is 59.2 Å². The van der Waals surface area contributed by atoms with Crippen LogP contribution in [0.25, 0.3) is 0 Å². The minimum atomic E-state index is 0.118. The zero-order valence-electron chi connectivity index (χ0n) is 12.6. The number of aryl methyl sites for hydroxylation is 1. The van der Waals surface area contributed by atoms with Crippen LogP contribution < -0.4 is 14.8 Å². The monoisotopic (exact) mass is 283 g/mol. The molecule has 0 saturated heterocycles. The molecule has 1 atom stereocenters. The van der Waals surface area contributed by atoms with Gasteiger partial charge in [0.25, 0.3) is 0 Å². The first-order chi connectivity index (χ1) is 10.3. The maximum atomic E-state index is 5.86. The van der Waals surface area contributed by atoms with Crippen LogP contribution in [0.15, 0.2) is 42.5 Å². The number of nitrogens with one attached hydrogen (secondary N) is 1. The highest BCUT2D eigenvalue weighted by molar-refractivity contribution is 5.51. The summed E-state index contributed by atoms with van der Waals surface area (Å²) in [5, 5.41) is 3.55. The van der Waals surface area contributed by atoms with Crippen LogP contribution in [-0.4, -0.2) is 19.8 Å². The van der Waals surface area contributed by atoms with E-state index in [0.717, 1.165) is 23.6 Å². The molecule has 110 valence electrons. The highest BCUT2D eigenvalue weighted by Crippen LogP contribution is 2.39. The first-order valence-electron chi connectivity index (χ1n) is 7.48. The Morgan fingerprint density at radius 2 is 1.81 bits per heavy atom. The molecule has 0 aromatic heterocycles. The quantitative estimate of drug-likeness (QED) is 0.932. The van der Waals surface area contributed by atoms with Crippen molar-refractivity contribution in [3.63, 3.8) is 0 Å². The van der Waals surface area contributed by atoms with E-state index in [2.05, 4.69) is 49.5 Å². The molecule has 3 nitrogen and oxygen atoms in total. The molecule has 1 aliphatic heterocycles. The second-order valence-electron chi connectivity index (χ2n) is 5.27. The van der Waals surface area contributed by atoms with Gasteiger partial charge in [-0.15, -0.1) is 0 Å². The molecule has 0 fully saturated rings. The van der Waals surface area contributed by atoms with Gasteiger partial charge in [0.05, 0.1) is 6.04 Å². The molecule has 0 amide bonds. The largest absolute Gasteiger partial charge is 0.486 e. The van der Waals surface area contributed by atoms with Crippen LogP contribution in [0.5, 0.6) is 11.5 Å². The molecule has 0 saturated carbocycles. The Kier molecular flexibility index (Phi) is 4.11. The number of para-hydroxylation sites is 1. The van der Waals surface area contributed by atoms with Gasteiger partial charge < -0.3 is 14.8 Å². The van der Waals surface area contributed by atoms with E-state index in [0.29, 0.717) is 13.2 Å². The second-order valence-corrected chi connectivity index (χ2v) is 5.27. The molecule has 2 aromatic rings. The minimum Gasteiger partial charge on any atom is -0.486 e. The third-order valence-electron chi connectivity index (χ3n) is 3.73. The maximum absolute atomic E-state index is 5.86.